The van der Waals surface area contributed by atoms with Crippen LogP contribution in [0.3, 0.4) is 0 Å². The Labute approximate surface area is 91.8 Å². The summed E-state index contributed by atoms with van der Waals surface area (Å²) in [5, 5.41) is 12.5. The van der Waals surface area contributed by atoms with Crippen molar-refractivity contribution in [2.24, 2.45) is 0 Å². The molecule has 3 nitrogen and oxygen atoms in total. The summed E-state index contributed by atoms with van der Waals surface area (Å²) in [6, 6.07) is 4.23. The average molecular weight is 232 g/mol. The molecule has 15 heavy (non-hydrogen) atoms. The predicted octanol–water partition coefficient (Wildman–Crippen LogP) is 1.19. The van der Waals surface area contributed by atoms with Gasteiger partial charge in [0.1, 0.15) is 23.8 Å². The molecule has 0 bridgehead atoms. The molecule has 2 rings (SSSR count). The molecule has 82 valence electrons. The van der Waals surface area contributed by atoms with Crippen LogP contribution in [0.1, 0.15) is 0 Å². The van der Waals surface area contributed by atoms with Gasteiger partial charge < -0.3 is 15.2 Å². The Morgan fingerprint density at radius 2 is 2.27 bits per heavy atom. The Morgan fingerprint density at radius 3 is 2.87 bits per heavy atom. The molecule has 1 saturated heterocycles. The monoisotopic (exact) mass is 231 g/mol. The summed E-state index contributed by atoms with van der Waals surface area (Å²) in [5.74, 6) is -0.140. The van der Waals surface area contributed by atoms with Gasteiger partial charge >= 0.3 is 0 Å². The quantitative estimate of drug-likeness (QED) is 0.804. The van der Waals surface area contributed by atoms with E-state index < -0.39 is 11.9 Å². The number of rotatable bonds is 2. The van der Waals surface area contributed by atoms with Gasteiger partial charge in [0.15, 0.2) is 0 Å². The smallest absolute Gasteiger partial charge is 0.145 e. The van der Waals surface area contributed by atoms with Gasteiger partial charge in [0.05, 0.1) is 5.02 Å². The molecule has 0 spiro atoms. The highest BCUT2D eigenvalue weighted by Gasteiger charge is 2.26. The fraction of sp³-hybridized carbons (Fsp3) is 0.400. The van der Waals surface area contributed by atoms with Crippen LogP contribution in [-0.4, -0.2) is 30.4 Å². The van der Waals surface area contributed by atoms with Gasteiger partial charge in [-0.1, -0.05) is 11.6 Å². The van der Waals surface area contributed by atoms with E-state index in [-0.39, 0.29) is 11.1 Å². The zero-order valence-corrected chi connectivity index (χ0v) is 8.67. The summed E-state index contributed by atoms with van der Waals surface area (Å²) >= 11 is 5.53. The minimum atomic E-state index is -0.552. The molecule has 1 fully saturated rings. The first-order valence-corrected chi connectivity index (χ1v) is 5.05. The van der Waals surface area contributed by atoms with Crippen LogP contribution in [-0.2, 0) is 0 Å². The number of aliphatic hydroxyl groups is 1. The first kappa shape index (κ1) is 10.7. The lowest BCUT2D eigenvalue weighted by Gasteiger charge is -2.16. The van der Waals surface area contributed by atoms with E-state index in [0.717, 1.165) is 0 Å². The van der Waals surface area contributed by atoms with Crippen LogP contribution in [0, 0.1) is 5.82 Å². The predicted molar refractivity (Wildman–Crippen MR) is 54.7 cm³/mol. The van der Waals surface area contributed by atoms with Crippen LogP contribution >= 0.6 is 11.6 Å². The number of nitrogens with one attached hydrogen (secondary N) is 1. The Kier molecular flexibility index (Phi) is 3.09. The van der Waals surface area contributed by atoms with Crippen molar-refractivity contribution in [3.8, 4) is 5.75 Å². The van der Waals surface area contributed by atoms with E-state index in [9.17, 15) is 9.50 Å². The highest BCUT2D eigenvalue weighted by Crippen LogP contribution is 2.22. The molecule has 0 saturated carbocycles. The minimum absolute atomic E-state index is 0.0624. The highest BCUT2D eigenvalue weighted by atomic mass is 35.5. The lowest BCUT2D eigenvalue weighted by atomic mass is 10.2. The number of hydrogen-bond donors (Lipinski definition) is 2. The molecule has 5 heteroatoms. The summed E-state index contributed by atoms with van der Waals surface area (Å²) in [4.78, 5) is 0. The zero-order chi connectivity index (χ0) is 10.8. The summed E-state index contributed by atoms with van der Waals surface area (Å²) in [7, 11) is 0. The molecule has 0 aliphatic carbocycles. The number of β-amino-alcohol motifs (C(OH)–C–C–N with tert-alkyl or cyclic N) is 1. The van der Waals surface area contributed by atoms with E-state index in [2.05, 4.69) is 5.32 Å². The minimum Gasteiger partial charge on any atom is -0.486 e. The Hall–Kier alpha value is -0.840. The number of halogens is 2. The molecule has 1 aliphatic heterocycles. The number of aliphatic hydroxyl groups excluding tert-OH is 1. The molecule has 1 aromatic rings. The van der Waals surface area contributed by atoms with Gasteiger partial charge in [0.2, 0.25) is 0 Å². The Bertz CT molecular complexity index is 361. The molecule has 1 aromatic carbocycles. The van der Waals surface area contributed by atoms with Gasteiger partial charge in [0.25, 0.3) is 0 Å². The maximum absolute atomic E-state index is 13.1. The van der Waals surface area contributed by atoms with Crippen LogP contribution in [0.5, 0.6) is 5.75 Å². The van der Waals surface area contributed by atoms with E-state index in [1.807, 2.05) is 0 Å². The molecule has 2 unspecified atom stereocenters. The van der Waals surface area contributed by atoms with E-state index in [1.165, 1.54) is 12.1 Å². The number of benzene rings is 1. The largest absolute Gasteiger partial charge is 0.486 e. The van der Waals surface area contributed by atoms with Crippen LogP contribution in [0.4, 0.5) is 4.39 Å². The van der Waals surface area contributed by atoms with E-state index >= 15 is 0 Å². The second-order valence-electron chi connectivity index (χ2n) is 3.46. The van der Waals surface area contributed by atoms with Gasteiger partial charge in [-0.2, -0.15) is 0 Å². The zero-order valence-electron chi connectivity index (χ0n) is 7.91. The van der Waals surface area contributed by atoms with E-state index in [4.69, 9.17) is 16.3 Å². The van der Waals surface area contributed by atoms with Crippen molar-refractivity contribution < 1.29 is 14.2 Å². The molecular formula is C10H11ClFNO2. The Morgan fingerprint density at radius 1 is 1.47 bits per heavy atom. The maximum Gasteiger partial charge on any atom is 0.145 e. The highest BCUT2D eigenvalue weighted by molar-refractivity contribution is 6.30. The fourth-order valence-corrected chi connectivity index (χ4v) is 1.60. The van der Waals surface area contributed by atoms with Gasteiger partial charge in [-0.05, 0) is 12.1 Å². The van der Waals surface area contributed by atoms with Gasteiger partial charge in [-0.25, -0.2) is 4.39 Å². The van der Waals surface area contributed by atoms with Gasteiger partial charge in [0, 0.05) is 19.2 Å². The van der Waals surface area contributed by atoms with Crippen LogP contribution in [0.2, 0.25) is 5.02 Å². The van der Waals surface area contributed by atoms with E-state index in [1.54, 1.807) is 6.07 Å². The van der Waals surface area contributed by atoms with Gasteiger partial charge in [-0.15, -0.1) is 0 Å². The summed E-state index contributed by atoms with van der Waals surface area (Å²) in [5.41, 5.74) is 0. The van der Waals surface area contributed by atoms with Crippen molar-refractivity contribution in [1.82, 2.24) is 5.32 Å². The lowest BCUT2D eigenvalue weighted by molar-refractivity contribution is 0.0735. The molecule has 0 amide bonds. The van der Waals surface area contributed by atoms with Crippen molar-refractivity contribution in [2.45, 2.75) is 12.2 Å². The fourth-order valence-electron chi connectivity index (χ4n) is 1.49. The lowest BCUT2D eigenvalue weighted by Crippen LogP contribution is -2.29. The van der Waals surface area contributed by atoms with Crippen molar-refractivity contribution in [3.05, 3.63) is 29.0 Å². The van der Waals surface area contributed by atoms with Gasteiger partial charge in [-0.3, -0.25) is 0 Å². The normalized spacial score (nSPS) is 25.5. The topological polar surface area (TPSA) is 41.5 Å². The Balaban J connectivity index is 2.07. The first-order chi connectivity index (χ1) is 7.16. The SMILES string of the molecule is OC1CNCC1Oc1ccc(Cl)c(F)c1. The first-order valence-electron chi connectivity index (χ1n) is 4.67. The molecule has 1 heterocycles. The molecule has 1 aliphatic rings. The third-order valence-corrected chi connectivity index (χ3v) is 2.61. The van der Waals surface area contributed by atoms with Crippen LogP contribution in [0.25, 0.3) is 0 Å². The van der Waals surface area contributed by atoms with Crippen molar-refractivity contribution in [1.29, 1.82) is 0 Å². The number of hydrogen-bond acceptors (Lipinski definition) is 3. The summed E-state index contributed by atoms with van der Waals surface area (Å²) < 4.78 is 18.5. The van der Waals surface area contributed by atoms with Crippen molar-refractivity contribution in [3.63, 3.8) is 0 Å². The van der Waals surface area contributed by atoms with Crippen molar-refractivity contribution in [2.75, 3.05) is 13.1 Å². The maximum atomic E-state index is 13.1. The number of ether oxygens (including phenoxy) is 1. The van der Waals surface area contributed by atoms with Crippen LogP contribution < -0.4 is 10.1 Å². The molecule has 0 aromatic heterocycles. The summed E-state index contributed by atoms with van der Waals surface area (Å²) in [6.07, 6.45) is -0.880. The third-order valence-electron chi connectivity index (χ3n) is 2.31. The molecule has 2 atom stereocenters. The third kappa shape index (κ3) is 2.40. The average Bonchev–Trinajstić information content (AvgIpc) is 2.59. The summed E-state index contributed by atoms with van der Waals surface area (Å²) in [6.45, 7) is 1.06. The second-order valence-corrected chi connectivity index (χ2v) is 3.87. The molecule has 2 N–H and O–H groups in total. The standard InChI is InChI=1S/C10H11ClFNO2/c11-7-2-1-6(3-8(7)12)15-10-5-13-4-9(10)14/h1-3,9-10,13-14H,4-5H2. The van der Waals surface area contributed by atoms with E-state index in [0.29, 0.717) is 18.8 Å². The van der Waals surface area contributed by atoms with Crippen molar-refractivity contribution >= 4 is 11.6 Å². The molecule has 0 radical (unpaired) electrons. The molecular weight excluding hydrogens is 221 g/mol. The van der Waals surface area contributed by atoms with Crippen LogP contribution in [0.15, 0.2) is 18.2 Å². The second kappa shape index (κ2) is 4.35.